The summed E-state index contributed by atoms with van der Waals surface area (Å²) < 4.78 is 59.2. The highest BCUT2D eigenvalue weighted by atomic mass is 32.2. The molecule has 1 aliphatic carbocycles. The highest BCUT2D eigenvalue weighted by Crippen LogP contribution is 2.37. The van der Waals surface area contributed by atoms with Gasteiger partial charge in [0.1, 0.15) is 21.3 Å². The first-order valence-electron chi connectivity index (χ1n) is 14.4. The number of oxazole rings is 1. The maximum Gasteiger partial charge on any atom is 0.307 e. The van der Waals surface area contributed by atoms with Crippen molar-refractivity contribution in [2.75, 3.05) is 11.5 Å². The Hall–Kier alpha value is -2.76. The monoisotopic (exact) mass is 601 g/mol. The lowest BCUT2D eigenvalue weighted by Crippen LogP contribution is -2.40. The first kappa shape index (κ1) is 29.7. The van der Waals surface area contributed by atoms with Crippen LogP contribution in [0.25, 0.3) is 22.0 Å². The Morgan fingerprint density at radius 3 is 2.29 bits per heavy atom. The number of nitrogens with zero attached hydrogens (tertiary/aromatic N) is 1. The van der Waals surface area contributed by atoms with E-state index >= 15 is 0 Å². The Kier molecular flexibility index (Phi) is 8.33. The minimum atomic E-state index is -3.81. The lowest BCUT2D eigenvalue weighted by atomic mass is 9.85. The van der Waals surface area contributed by atoms with Crippen LogP contribution in [0, 0.1) is 5.92 Å². The van der Waals surface area contributed by atoms with Gasteiger partial charge in [-0.1, -0.05) is 62.4 Å². The summed E-state index contributed by atoms with van der Waals surface area (Å²) >= 11 is 0. The SMILES string of the molecule is CC(C)(C)NS(=O)(=O)c1ccc(-c2nc(C(=O)NC3CCS(=O)(=O)CC3)oc2CC2CCCCC2)c2ccccc12. The van der Waals surface area contributed by atoms with Crippen molar-refractivity contribution in [1.82, 2.24) is 15.0 Å². The van der Waals surface area contributed by atoms with Crippen LogP contribution >= 0.6 is 0 Å². The molecule has 9 nitrogen and oxygen atoms in total. The van der Waals surface area contributed by atoms with Crippen LogP contribution in [0.15, 0.2) is 45.7 Å². The van der Waals surface area contributed by atoms with Crippen molar-refractivity contribution in [3.63, 3.8) is 0 Å². The zero-order valence-corrected chi connectivity index (χ0v) is 25.5. The molecule has 11 heteroatoms. The van der Waals surface area contributed by atoms with Crippen LogP contribution in [0.1, 0.15) is 82.2 Å². The van der Waals surface area contributed by atoms with E-state index in [-0.39, 0.29) is 28.3 Å². The third-order valence-corrected chi connectivity index (χ3v) is 11.4. The van der Waals surface area contributed by atoms with Gasteiger partial charge in [0.05, 0.1) is 16.4 Å². The molecule has 2 N–H and O–H groups in total. The van der Waals surface area contributed by atoms with Gasteiger partial charge in [-0.2, -0.15) is 0 Å². The summed E-state index contributed by atoms with van der Waals surface area (Å²) in [5.74, 6) is 0.594. The van der Waals surface area contributed by atoms with Gasteiger partial charge >= 0.3 is 5.91 Å². The zero-order chi connectivity index (χ0) is 29.4. The van der Waals surface area contributed by atoms with E-state index in [1.165, 1.54) is 6.42 Å². The number of fused-ring (bicyclic) bond motifs is 1. The summed E-state index contributed by atoms with van der Waals surface area (Å²) in [6.07, 6.45) is 7.04. The number of hydrogen-bond acceptors (Lipinski definition) is 7. The summed E-state index contributed by atoms with van der Waals surface area (Å²) in [6.45, 7) is 5.40. The molecule has 0 unspecified atom stereocenters. The Balaban J connectivity index is 1.54. The smallest absolute Gasteiger partial charge is 0.307 e. The Morgan fingerprint density at radius 2 is 1.63 bits per heavy atom. The first-order valence-corrected chi connectivity index (χ1v) is 17.7. The normalized spacial score (nSPS) is 18.9. The van der Waals surface area contributed by atoms with E-state index < -0.39 is 31.3 Å². The number of nitrogens with one attached hydrogen (secondary N) is 2. The summed E-state index contributed by atoms with van der Waals surface area (Å²) in [5, 5.41) is 4.17. The van der Waals surface area contributed by atoms with Gasteiger partial charge in [-0.25, -0.2) is 26.5 Å². The number of hydrogen-bond donors (Lipinski definition) is 2. The fourth-order valence-electron chi connectivity index (χ4n) is 5.90. The third-order valence-electron chi connectivity index (χ3n) is 7.85. The Morgan fingerprint density at radius 1 is 0.976 bits per heavy atom. The van der Waals surface area contributed by atoms with E-state index in [9.17, 15) is 21.6 Å². The highest BCUT2D eigenvalue weighted by Gasteiger charge is 2.30. The number of sulfone groups is 1. The topological polar surface area (TPSA) is 135 Å². The van der Waals surface area contributed by atoms with Crippen LogP contribution in [-0.2, 0) is 26.3 Å². The van der Waals surface area contributed by atoms with Crippen molar-refractivity contribution in [1.29, 1.82) is 0 Å². The van der Waals surface area contributed by atoms with Gasteiger partial charge in [-0.05, 0) is 51.0 Å². The summed E-state index contributed by atoms with van der Waals surface area (Å²) in [4.78, 5) is 18.1. The van der Waals surface area contributed by atoms with E-state index in [1.54, 1.807) is 45.0 Å². The molecule has 0 radical (unpaired) electrons. The molecule has 2 aromatic carbocycles. The summed E-state index contributed by atoms with van der Waals surface area (Å²) in [6, 6.07) is 10.4. The van der Waals surface area contributed by atoms with Gasteiger partial charge in [0.2, 0.25) is 10.0 Å². The van der Waals surface area contributed by atoms with Crippen LogP contribution in [0.5, 0.6) is 0 Å². The number of benzene rings is 2. The lowest BCUT2D eigenvalue weighted by Gasteiger charge is -2.22. The predicted molar refractivity (Wildman–Crippen MR) is 159 cm³/mol. The molecule has 2 fully saturated rings. The standard InChI is InChI=1S/C30H39N3O6S2/c1-30(2,3)33-41(37,38)26-14-13-24(22-11-7-8-12-23(22)26)27-25(19-20-9-5-4-6-10-20)39-29(32-27)28(34)31-21-15-17-40(35,36)18-16-21/h7-8,11-14,20-21,33H,4-6,9-10,15-19H2,1-3H3,(H,31,34). The maximum atomic E-state index is 13.3. The van der Waals surface area contributed by atoms with Gasteiger partial charge in [-0.3, -0.25) is 4.79 Å². The van der Waals surface area contributed by atoms with Gasteiger partial charge in [0, 0.05) is 29.0 Å². The fourth-order valence-corrected chi connectivity index (χ4v) is 9.03. The minimum Gasteiger partial charge on any atom is -0.437 e. The molecule has 1 aliphatic heterocycles. The molecular formula is C30H39N3O6S2. The zero-order valence-electron chi connectivity index (χ0n) is 23.9. The molecule has 41 heavy (non-hydrogen) atoms. The molecule has 0 atom stereocenters. The van der Waals surface area contributed by atoms with E-state index in [0.29, 0.717) is 53.0 Å². The largest absolute Gasteiger partial charge is 0.437 e. The Bertz CT molecular complexity index is 1630. The van der Waals surface area contributed by atoms with Gasteiger partial charge in [0.25, 0.3) is 5.89 Å². The van der Waals surface area contributed by atoms with Crippen molar-refractivity contribution >= 4 is 36.5 Å². The molecule has 0 bridgehead atoms. The number of rotatable bonds is 7. The van der Waals surface area contributed by atoms with Crippen LogP contribution in [0.2, 0.25) is 0 Å². The lowest BCUT2D eigenvalue weighted by molar-refractivity contribution is 0.0896. The van der Waals surface area contributed by atoms with Crippen LogP contribution in [0.3, 0.4) is 0 Å². The number of carbonyl (C=O) groups is 1. The molecule has 0 spiro atoms. The predicted octanol–water partition coefficient (Wildman–Crippen LogP) is 5.00. The van der Waals surface area contributed by atoms with Gasteiger partial charge < -0.3 is 9.73 Å². The van der Waals surface area contributed by atoms with Crippen LogP contribution in [0.4, 0.5) is 0 Å². The maximum absolute atomic E-state index is 13.3. The molecule has 222 valence electrons. The molecule has 1 aromatic heterocycles. The third kappa shape index (κ3) is 7.01. The van der Waals surface area contributed by atoms with E-state index in [1.807, 2.05) is 12.1 Å². The molecular weight excluding hydrogens is 562 g/mol. The second kappa shape index (κ2) is 11.5. The minimum absolute atomic E-state index is 0.0486. The molecule has 1 saturated carbocycles. The highest BCUT2D eigenvalue weighted by molar-refractivity contribution is 7.91. The van der Waals surface area contributed by atoms with E-state index in [4.69, 9.17) is 4.42 Å². The number of aromatic nitrogens is 1. The summed E-state index contributed by atoms with van der Waals surface area (Å²) in [7, 11) is -6.86. The van der Waals surface area contributed by atoms with Gasteiger partial charge in [-0.15, -0.1) is 0 Å². The van der Waals surface area contributed by atoms with E-state index in [2.05, 4.69) is 15.0 Å². The number of amides is 1. The number of sulfonamides is 1. The van der Waals surface area contributed by atoms with Crippen molar-refractivity contribution < 1.29 is 26.0 Å². The van der Waals surface area contributed by atoms with Crippen LogP contribution < -0.4 is 10.0 Å². The molecule has 3 aromatic rings. The fraction of sp³-hybridized carbons (Fsp3) is 0.533. The van der Waals surface area contributed by atoms with Crippen molar-refractivity contribution in [2.45, 2.75) is 88.6 Å². The van der Waals surface area contributed by atoms with E-state index in [0.717, 1.165) is 25.7 Å². The quantitative estimate of drug-likeness (QED) is 0.389. The Labute approximate surface area is 242 Å². The molecule has 2 heterocycles. The second-order valence-electron chi connectivity index (χ2n) is 12.4. The van der Waals surface area contributed by atoms with Crippen molar-refractivity contribution in [2.24, 2.45) is 5.92 Å². The van der Waals surface area contributed by atoms with Crippen LogP contribution in [-0.4, -0.2) is 50.8 Å². The van der Waals surface area contributed by atoms with Gasteiger partial charge in [0.15, 0.2) is 0 Å². The molecule has 2 aliphatic rings. The number of carbonyl (C=O) groups excluding carboxylic acids is 1. The van der Waals surface area contributed by atoms with Crippen molar-refractivity contribution in [3.05, 3.63) is 48.0 Å². The molecule has 1 amide bonds. The second-order valence-corrected chi connectivity index (χ2v) is 16.4. The average Bonchev–Trinajstić information content (AvgIpc) is 3.32. The molecule has 1 saturated heterocycles. The average molecular weight is 602 g/mol. The van der Waals surface area contributed by atoms with Crippen molar-refractivity contribution in [3.8, 4) is 11.3 Å². The molecule has 5 rings (SSSR count). The summed E-state index contributed by atoms with van der Waals surface area (Å²) in [5.41, 5.74) is 0.589. The first-order chi connectivity index (χ1) is 19.3.